The highest BCUT2D eigenvalue weighted by Crippen LogP contribution is 2.45. The summed E-state index contributed by atoms with van der Waals surface area (Å²) >= 11 is 0. The van der Waals surface area contributed by atoms with Crippen LogP contribution in [-0.4, -0.2) is 34.7 Å². The Hall–Kier alpha value is -5.11. The lowest BCUT2D eigenvalue weighted by atomic mass is 9.72. The second-order valence-electron chi connectivity index (χ2n) is 17.4. The summed E-state index contributed by atoms with van der Waals surface area (Å²) in [5.41, 5.74) is 0.0748. The van der Waals surface area contributed by atoms with E-state index in [1.54, 1.807) is 32.9 Å². The maximum atomic E-state index is 13.4. The lowest BCUT2D eigenvalue weighted by Gasteiger charge is -2.42. The number of carbonyl (C=O) groups is 3. The minimum atomic E-state index is -1.06. The molecule has 0 amide bonds. The Balaban J connectivity index is 1.18. The molecule has 0 aliphatic carbocycles. The lowest BCUT2D eigenvalue weighted by molar-refractivity contribution is -0.162. The fourth-order valence-electron chi connectivity index (χ4n) is 7.37. The number of ether oxygens (including phenoxy) is 5. The molecule has 0 saturated heterocycles. The minimum absolute atomic E-state index is 0.198. The highest BCUT2D eigenvalue weighted by Gasteiger charge is 2.52. The Kier molecular flexibility index (Phi) is 9.77. The number of hydrogen-bond acceptors (Lipinski definition) is 8. The third kappa shape index (κ3) is 6.78. The van der Waals surface area contributed by atoms with Gasteiger partial charge in [-0.3, -0.25) is 4.79 Å². The van der Waals surface area contributed by atoms with Crippen molar-refractivity contribution in [2.75, 3.05) is 0 Å². The summed E-state index contributed by atoms with van der Waals surface area (Å²) in [4.78, 5) is 40.0. The molecule has 0 aromatic heterocycles. The molecule has 8 nitrogen and oxygen atoms in total. The van der Waals surface area contributed by atoms with Crippen LogP contribution in [0.5, 0.6) is 23.0 Å². The summed E-state index contributed by atoms with van der Waals surface area (Å²) < 4.78 is 30.4. The number of carbonyl (C=O) groups excluding carboxylic acids is 3. The summed E-state index contributed by atoms with van der Waals surface area (Å²) in [7, 11) is 0. The summed E-state index contributed by atoms with van der Waals surface area (Å²) in [6, 6.07) is 26.9. The van der Waals surface area contributed by atoms with Gasteiger partial charge in [-0.1, -0.05) is 77.9 Å². The van der Waals surface area contributed by atoms with E-state index in [0.717, 1.165) is 22.3 Å². The number of esters is 3. The molecule has 0 fully saturated rings. The molecule has 4 aromatic carbocycles. The van der Waals surface area contributed by atoms with Crippen LogP contribution in [0.3, 0.4) is 0 Å². The first-order valence-corrected chi connectivity index (χ1v) is 19.1. The second-order valence-corrected chi connectivity index (χ2v) is 17.4. The molecular weight excluding hydrogens is 693 g/mol. The van der Waals surface area contributed by atoms with E-state index in [1.165, 1.54) is 0 Å². The Morgan fingerprint density at radius 3 is 1.40 bits per heavy atom. The number of cyclic esters (lactones) is 2. The van der Waals surface area contributed by atoms with E-state index in [2.05, 4.69) is 27.7 Å². The van der Waals surface area contributed by atoms with Crippen molar-refractivity contribution in [2.24, 2.45) is 5.41 Å². The Labute approximate surface area is 325 Å². The zero-order valence-corrected chi connectivity index (χ0v) is 34.3. The number of benzene rings is 4. The molecule has 6 rings (SSSR count). The summed E-state index contributed by atoms with van der Waals surface area (Å²) in [5, 5.41) is 0. The molecule has 55 heavy (non-hydrogen) atoms. The van der Waals surface area contributed by atoms with E-state index >= 15 is 0 Å². The topological polar surface area (TPSA) is 97.4 Å². The Morgan fingerprint density at radius 1 is 0.527 bits per heavy atom. The van der Waals surface area contributed by atoms with Crippen molar-refractivity contribution in [3.63, 3.8) is 0 Å². The van der Waals surface area contributed by atoms with Crippen LogP contribution in [-0.2, 0) is 25.1 Å². The van der Waals surface area contributed by atoms with Gasteiger partial charge in [0.1, 0.15) is 56.3 Å². The fourth-order valence-corrected chi connectivity index (χ4v) is 7.37. The summed E-state index contributed by atoms with van der Waals surface area (Å²) in [6.45, 7) is 23.4. The largest absolute Gasteiger partial charge is 0.483 e. The van der Waals surface area contributed by atoms with Gasteiger partial charge in [-0.25, -0.2) is 9.59 Å². The molecule has 2 aliphatic heterocycles. The second kappa shape index (κ2) is 13.6. The van der Waals surface area contributed by atoms with Crippen molar-refractivity contribution >= 4 is 17.9 Å². The van der Waals surface area contributed by atoms with Gasteiger partial charge in [0.15, 0.2) is 0 Å². The lowest BCUT2D eigenvalue weighted by Crippen LogP contribution is -2.53. The molecule has 2 unspecified atom stereocenters. The predicted molar refractivity (Wildman–Crippen MR) is 212 cm³/mol. The number of fused-ring (bicyclic) bond motifs is 2. The van der Waals surface area contributed by atoms with Gasteiger partial charge in [-0.15, -0.1) is 0 Å². The average Bonchev–Trinajstić information content (AvgIpc) is 3.21. The van der Waals surface area contributed by atoms with Gasteiger partial charge in [0.05, 0.1) is 0 Å². The van der Waals surface area contributed by atoms with Gasteiger partial charge in [-0.05, 0) is 125 Å². The molecule has 290 valence electrons. The van der Waals surface area contributed by atoms with E-state index in [4.69, 9.17) is 23.7 Å². The van der Waals surface area contributed by atoms with Crippen molar-refractivity contribution in [2.45, 2.75) is 124 Å². The number of hydrogen-bond donors (Lipinski definition) is 0. The van der Waals surface area contributed by atoms with Crippen LogP contribution in [0, 0.1) is 5.41 Å². The molecule has 0 bridgehead atoms. The summed E-state index contributed by atoms with van der Waals surface area (Å²) in [6.07, 6.45) is 1.14. The van der Waals surface area contributed by atoms with Crippen LogP contribution in [0.25, 0.3) is 0 Å². The molecule has 2 aliphatic rings. The first-order valence-electron chi connectivity index (χ1n) is 19.1. The van der Waals surface area contributed by atoms with Crippen LogP contribution >= 0.6 is 0 Å². The van der Waals surface area contributed by atoms with Crippen molar-refractivity contribution in [3.8, 4) is 23.0 Å². The smallest absolute Gasteiger partial charge is 0.342 e. The van der Waals surface area contributed by atoms with E-state index in [9.17, 15) is 14.4 Å². The molecule has 0 spiro atoms. The third-order valence-electron chi connectivity index (χ3n) is 12.9. The van der Waals surface area contributed by atoms with Crippen molar-refractivity contribution < 1.29 is 38.1 Å². The van der Waals surface area contributed by atoms with Crippen molar-refractivity contribution in [3.05, 3.63) is 118 Å². The molecule has 4 aromatic rings. The Bertz CT molecular complexity index is 2140. The van der Waals surface area contributed by atoms with E-state index in [0.29, 0.717) is 35.7 Å². The first kappa shape index (κ1) is 39.6. The maximum absolute atomic E-state index is 13.4. The van der Waals surface area contributed by atoms with Gasteiger partial charge < -0.3 is 23.7 Å². The first-order chi connectivity index (χ1) is 25.6. The van der Waals surface area contributed by atoms with Gasteiger partial charge in [0.2, 0.25) is 0 Å². The Morgan fingerprint density at radius 2 is 0.945 bits per heavy atom. The van der Waals surface area contributed by atoms with Gasteiger partial charge in [0.25, 0.3) is 0 Å². The highest BCUT2D eigenvalue weighted by atomic mass is 16.6. The summed E-state index contributed by atoms with van der Waals surface area (Å²) in [5.74, 6) is 0.755. The van der Waals surface area contributed by atoms with Gasteiger partial charge in [0, 0.05) is 10.8 Å². The van der Waals surface area contributed by atoms with Crippen molar-refractivity contribution in [1.82, 2.24) is 0 Å². The standard InChI is InChI=1S/C47H54O8/c1-13-46(11)41(50)52-37-25-19-31(27-35(37)39(48)54-44(46,7)8)42(3,4)29-15-21-33(22-16-29)51-34-23-17-30(18-24-34)43(5,6)32-20-26-38-36(28-32)40(49)55-45(9,10)47(12,14-2)53-38/h15-28H,13-14H2,1-12H3. The number of rotatable bonds is 8. The van der Waals surface area contributed by atoms with E-state index < -0.39 is 45.0 Å². The van der Waals surface area contributed by atoms with Gasteiger partial charge in [-0.2, -0.15) is 0 Å². The van der Waals surface area contributed by atoms with Gasteiger partial charge >= 0.3 is 17.9 Å². The monoisotopic (exact) mass is 746 g/mol. The van der Waals surface area contributed by atoms with Crippen LogP contribution in [0.1, 0.15) is 139 Å². The zero-order valence-electron chi connectivity index (χ0n) is 34.3. The average molecular weight is 747 g/mol. The minimum Gasteiger partial charge on any atom is -0.483 e. The normalized spacial score (nSPS) is 22.0. The fraction of sp³-hybridized carbons (Fsp3) is 0.426. The maximum Gasteiger partial charge on any atom is 0.342 e. The molecule has 2 atom stereocenters. The molecule has 2 heterocycles. The molecule has 8 heteroatoms. The quantitative estimate of drug-likeness (QED) is 0.130. The predicted octanol–water partition coefficient (Wildman–Crippen LogP) is 10.9. The van der Waals surface area contributed by atoms with Crippen molar-refractivity contribution in [1.29, 1.82) is 0 Å². The molecule has 0 radical (unpaired) electrons. The molecular formula is C47H54O8. The van der Waals surface area contributed by atoms with E-state index in [-0.39, 0.29) is 17.3 Å². The van der Waals surface area contributed by atoms with Crippen LogP contribution < -0.4 is 14.2 Å². The van der Waals surface area contributed by atoms with E-state index in [1.807, 2.05) is 107 Å². The van der Waals surface area contributed by atoms with Crippen LogP contribution in [0.15, 0.2) is 84.9 Å². The third-order valence-corrected chi connectivity index (χ3v) is 12.9. The highest BCUT2D eigenvalue weighted by molar-refractivity contribution is 5.96. The SMILES string of the molecule is CCC1(C)Oc2ccc(C(C)(C)c3ccc(Oc4ccc(C(C)(C)c5ccc6c(c5)C(=O)OC(C)(C)C(C)(CC)C(=O)O6)cc4)cc3)cc2C(=O)OC1(C)C. The zero-order chi connectivity index (χ0) is 40.4. The molecule has 0 N–H and O–H groups in total. The van der Waals surface area contributed by atoms with Crippen LogP contribution in [0.4, 0.5) is 0 Å². The van der Waals surface area contributed by atoms with Crippen LogP contribution in [0.2, 0.25) is 0 Å². The molecule has 0 saturated carbocycles.